The maximum absolute atomic E-state index is 13.7. The highest BCUT2D eigenvalue weighted by molar-refractivity contribution is 7.88. The van der Waals surface area contributed by atoms with Crippen LogP contribution in [0.5, 0.6) is 5.75 Å². The van der Waals surface area contributed by atoms with Crippen LogP contribution in [0, 0.1) is 5.92 Å². The van der Waals surface area contributed by atoms with Crippen LogP contribution in [0.3, 0.4) is 0 Å². The van der Waals surface area contributed by atoms with Crippen molar-refractivity contribution in [2.75, 3.05) is 50.5 Å². The molecule has 40 heavy (non-hydrogen) atoms. The number of hydrogen-bond acceptors (Lipinski definition) is 8. The van der Waals surface area contributed by atoms with Crippen LogP contribution in [0.25, 0.3) is 11.4 Å². The van der Waals surface area contributed by atoms with E-state index in [0.717, 1.165) is 11.4 Å². The van der Waals surface area contributed by atoms with Crippen LogP contribution in [0.4, 0.5) is 5.13 Å². The van der Waals surface area contributed by atoms with Crippen LogP contribution in [-0.2, 0) is 26.2 Å². The van der Waals surface area contributed by atoms with Gasteiger partial charge in [0.25, 0.3) is 0 Å². The minimum Gasteiger partial charge on any atom is -0.492 e. The first-order valence-corrected chi connectivity index (χ1v) is 16.2. The second kappa shape index (κ2) is 12.5. The van der Waals surface area contributed by atoms with Gasteiger partial charge in [0.1, 0.15) is 18.2 Å². The van der Waals surface area contributed by atoms with Crippen molar-refractivity contribution in [3.05, 3.63) is 48.2 Å². The summed E-state index contributed by atoms with van der Waals surface area (Å²) in [6.07, 6.45) is 8.66. The molecule has 2 aliphatic rings. The van der Waals surface area contributed by atoms with Crippen LogP contribution in [-0.4, -0.2) is 89.6 Å². The van der Waals surface area contributed by atoms with E-state index in [4.69, 9.17) is 4.74 Å². The summed E-state index contributed by atoms with van der Waals surface area (Å²) in [4.78, 5) is 38.6. The van der Waals surface area contributed by atoms with Crippen LogP contribution < -0.4 is 9.64 Å². The Morgan fingerprint density at radius 3 is 2.67 bits per heavy atom. The van der Waals surface area contributed by atoms with Crippen LogP contribution in [0.2, 0.25) is 0 Å². The first-order valence-electron chi connectivity index (χ1n) is 13.5. The summed E-state index contributed by atoms with van der Waals surface area (Å²) >= 11 is 1.38. The standard InChI is InChI=1S/C27H34N6O5S2/c1-40(36,37)32-13-3-2-10-31(26(35)22-19-24(34)33(20-22)27-29-9-17-39-27)12-5-11-30-14-8-28-25(30)21-6-4-7-23(18-21)38-16-15-32/h4,6-9,14,17-18,22H,2-3,5,10-13,15-16,19-20H2,1H3. The smallest absolute Gasteiger partial charge is 0.229 e. The van der Waals surface area contributed by atoms with E-state index in [2.05, 4.69) is 14.5 Å². The third-order valence-corrected chi connectivity index (χ3v) is 9.33. The first kappa shape index (κ1) is 28.2. The molecule has 1 fully saturated rings. The van der Waals surface area contributed by atoms with Gasteiger partial charge < -0.3 is 14.2 Å². The molecule has 0 aliphatic carbocycles. The normalized spacial score (nSPS) is 20.1. The lowest BCUT2D eigenvalue weighted by atomic mass is 10.1. The fourth-order valence-electron chi connectivity index (χ4n) is 5.20. The Morgan fingerprint density at radius 1 is 1.05 bits per heavy atom. The predicted molar refractivity (Wildman–Crippen MR) is 153 cm³/mol. The Labute approximate surface area is 238 Å². The molecule has 5 rings (SSSR count). The number of thiazole rings is 1. The van der Waals surface area contributed by atoms with E-state index < -0.39 is 15.9 Å². The first-order chi connectivity index (χ1) is 19.3. The van der Waals surface area contributed by atoms with Crippen LogP contribution in [0.15, 0.2) is 48.2 Å². The zero-order valence-corrected chi connectivity index (χ0v) is 24.1. The Bertz CT molecular complexity index is 1420. The van der Waals surface area contributed by atoms with Crippen molar-refractivity contribution in [1.29, 1.82) is 0 Å². The lowest BCUT2D eigenvalue weighted by Crippen LogP contribution is -2.39. The van der Waals surface area contributed by atoms with Gasteiger partial charge in [0.05, 0.1) is 12.2 Å². The fraction of sp³-hybridized carbons (Fsp3) is 0.481. The summed E-state index contributed by atoms with van der Waals surface area (Å²) in [5, 5.41) is 2.43. The number of aromatic nitrogens is 3. The second-order valence-electron chi connectivity index (χ2n) is 10.1. The third-order valence-electron chi connectivity index (χ3n) is 7.23. The van der Waals surface area contributed by atoms with Crippen molar-refractivity contribution in [2.24, 2.45) is 5.92 Å². The molecule has 0 radical (unpaired) electrons. The van der Waals surface area contributed by atoms with Gasteiger partial charge in [-0.05, 0) is 31.4 Å². The van der Waals surface area contributed by atoms with Crippen molar-refractivity contribution in [3.63, 3.8) is 0 Å². The fourth-order valence-corrected chi connectivity index (χ4v) is 6.74. The van der Waals surface area contributed by atoms with E-state index in [-0.39, 0.29) is 31.4 Å². The number of nitrogens with zero attached hydrogens (tertiary/aromatic N) is 6. The maximum Gasteiger partial charge on any atom is 0.229 e. The number of benzene rings is 1. The topological polar surface area (TPSA) is 118 Å². The van der Waals surface area contributed by atoms with Gasteiger partial charge in [-0.1, -0.05) is 12.1 Å². The van der Waals surface area contributed by atoms with Gasteiger partial charge in [0.2, 0.25) is 21.8 Å². The van der Waals surface area contributed by atoms with Gasteiger partial charge in [-0.25, -0.2) is 18.4 Å². The molecule has 0 spiro atoms. The van der Waals surface area contributed by atoms with E-state index in [0.29, 0.717) is 62.9 Å². The minimum atomic E-state index is -3.42. The summed E-state index contributed by atoms with van der Waals surface area (Å²) in [7, 11) is -3.42. The van der Waals surface area contributed by atoms with E-state index >= 15 is 0 Å². The van der Waals surface area contributed by atoms with Gasteiger partial charge in [-0.3, -0.25) is 14.5 Å². The number of sulfonamides is 1. The Kier molecular flexibility index (Phi) is 8.81. The molecule has 0 saturated carbocycles. The molecule has 4 heterocycles. The molecule has 2 aromatic heterocycles. The molecule has 1 atom stereocenters. The lowest BCUT2D eigenvalue weighted by molar-refractivity contribution is -0.136. The van der Waals surface area contributed by atoms with Crippen LogP contribution >= 0.6 is 11.3 Å². The molecular weight excluding hydrogens is 552 g/mol. The summed E-state index contributed by atoms with van der Waals surface area (Å²) in [5.74, 6) is 0.888. The number of aryl methyl sites for hydroxylation is 1. The minimum absolute atomic E-state index is 0.0442. The number of carbonyl (C=O) groups is 2. The number of imidazole rings is 1. The molecule has 1 saturated heterocycles. The lowest BCUT2D eigenvalue weighted by Gasteiger charge is -2.26. The number of rotatable bonds is 3. The quantitative estimate of drug-likeness (QED) is 0.463. The molecule has 1 unspecified atom stereocenters. The average molecular weight is 587 g/mol. The maximum atomic E-state index is 13.7. The molecule has 1 aromatic carbocycles. The Morgan fingerprint density at radius 2 is 1.88 bits per heavy atom. The van der Waals surface area contributed by atoms with E-state index in [1.54, 1.807) is 17.3 Å². The number of carbonyl (C=O) groups excluding carboxylic acids is 2. The van der Waals surface area contributed by atoms with Gasteiger partial charge in [-0.2, -0.15) is 4.31 Å². The molecule has 2 bridgehead atoms. The molecule has 13 heteroatoms. The third kappa shape index (κ3) is 6.70. The van der Waals surface area contributed by atoms with E-state index in [9.17, 15) is 18.0 Å². The van der Waals surface area contributed by atoms with Crippen molar-refractivity contribution in [2.45, 2.75) is 32.2 Å². The number of amides is 2. The van der Waals surface area contributed by atoms with E-state index in [1.807, 2.05) is 40.7 Å². The molecule has 0 N–H and O–H groups in total. The van der Waals surface area contributed by atoms with E-state index in [1.165, 1.54) is 21.9 Å². The summed E-state index contributed by atoms with van der Waals surface area (Å²) in [6, 6.07) is 7.61. The Hall–Kier alpha value is -3.29. The molecule has 3 aromatic rings. The second-order valence-corrected chi connectivity index (χ2v) is 12.9. The van der Waals surface area contributed by atoms with Crippen molar-refractivity contribution >= 4 is 38.3 Å². The number of ether oxygens (including phenoxy) is 1. The zero-order chi connectivity index (χ0) is 28.1. The monoisotopic (exact) mass is 586 g/mol. The highest BCUT2D eigenvalue weighted by atomic mass is 32.2. The van der Waals surface area contributed by atoms with Gasteiger partial charge in [0, 0.05) is 75.2 Å². The summed E-state index contributed by atoms with van der Waals surface area (Å²) < 4.78 is 34.2. The molecule has 214 valence electrons. The molecule has 11 nitrogen and oxygen atoms in total. The zero-order valence-electron chi connectivity index (χ0n) is 22.5. The number of hydrogen-bond donors (Lipinski definition) is 0. The largest absolute Gasteiger partial charge is 0.492 e. The number of fused-ring (bicyclic) bond motifs is 4. The Balaban J connectivity index is 1.34. The van der Waals surface area contributed by atoms with Crippen molar-refractivity contribution < 1.29 is 22.7 Å². The van der Waals surface area contributed by atoms with Gasteiger partial charge in [-0.15, -0.1) is 11.3 Å². The molecule has 2 amide bonds. The van der Waals surface area contributed by atoms with Crippen molar-refractivity contribution in [3.8, 4) is 17.1 Å². The summed E-state index contributed by atoms with van der Waals surface area (Å²) in [5.41, 5.74) is 0.895. The SMILES string of the molecule is CS(=O)(=O)N1CCCCN(C(=O)C2CC(=O)N(c3nccs3)C2)CCCn2ccnc2-c2cccc(c2)OCC1. The highest BCUT2D eigenvalue weighted by Gasteiger charge is 2.38. The molecular formula is C27H34N6O5S2. The summed E-state index contributed by atoms with van der Waals surface area (Å²) in [6.45, 7) is 2.81. The van der Waals surface area contributed by atoms with Gasteiger partial charge in [0.15, 0.2) is 5.13 Å². The van der Waals surface area contributed by atoms with Gasteiger partial charge >= 0.3 is 0 Å². The van der Waals surface area contributed by atoms with Crippen molar-refractivity contribution in [1.82, 2.24) is 23.7 Å². The average Bonchev–Trinajstić information content (AvgIpc) is 3.69. The highest BCUT2D eigenvalue weighted by Crippen LogP contribution is 2.28. The molecule has 2 aliphatic heterocycles. The van der Waals surface area contributed by atoms with Crippen LogP contribution in [0.1, 0.15) is 25.7 Å². The predicted octanol–water partition coefficient (Wildman–Crippen LogP) is 2.71. The number of anilines is 1.